The molecule has 0 atom stereocenters. The van der Waals surface area contributed by atoms with Crippen molar-refractivity contribution in [3.63, 3.8) is 0 Å². The van der Waals surface area contributed by atoms with Gasteiger partial charge in [0.1, 0.15) is 0 Å². The molecule has 1 amide bonds. The van der Waals surface area contributed by atoms with Crippen LogP contribution in [0, 0.1) is 0 Å². The molecule has 0 saturated heterocycles. The second-order valence-electron chi connectivity index (χ2n) is 3.16. The summed E-state index contributed by atoms with van der Waals surface area (Å²) in [5.41, 5.74) is 5.15. The van der Waals surface area contributed by atoms with Crippen molar-refractivity contribution < 1.29 is 28.0 Å². The maximum Gasteiger partial charge on any atom is 0.331 e. The molecule has 0 bridgehead atoms. The standard InChI is InChI=1S/C9H10N2O6S/c10-9(14)6-1-3-7(4-2-6)18(15,16)11-17-5-8(12)13/h1-4,11H,5H2,(H2,10,14)(H,12,13). The Balaban J connectivity index is 2.79. The third-order valence-electron chi connectivity index (χ3n) is 1.81. The highest BCUT2D eigenvalue weighted by Crippen LogP contribution is 2.10. The van der Waals surface area contributed by atoms with Gasteiger partial charge in [0, 0.05) is 5.56 Å². The maximum atomic E-state index is 11.5. The fraction of sp³-hybridized carbons (Fsp3) is 0.111. The molecule has 1 rings (SSSR count). The summed E-state index contributed by atoms with van der Waals surface area (Å²) in [6.07, 6.45) is 0. The van der Waals surface area contributed by atoms with E-state index in [1.54, 1.807) is 4.89 Å². The number of benzene rings is 1. The molecule has 4 N–H and O–H groups in total. The van der Waals surface area contributed by atoms with Crippen LogP contribution < -0.4 is 10.6 Å². The summed E-state index contributed by atoms with van der Waals surface area (Å²) >= 11 is 0. The van der Waals surface area contributed by atoms with Gasteiger partial charge in [-0.3, -0.25) is 9.63 Å². The number of carboxylic acid groups (broad SMARTS) is 1. The fourth-order valence-electron chi connectivity index (χ4n) is 1.02. The van der Waals surface area contributed by atoms with Gasteiger partial charge in [-0.2, -0.15) is 0 Å². The minimum absolute atomic E-state index is 0.153. The van der Waals surface area contributed by atoms with Crippen molar-refractivity contribution in [2.75, 3.05) is 6.61 Å². The summed E-state index contributed by atoms with van der Waals surface area (Å²) in [5.74, 6) is -2.00. The summed E-state index contributed by atoms with van der Waals surface area (Å²) in [4.78, 5) is 26.6. The molecule has 0 aliphatic rings. The van der Waals surface area contributed by atoms with Crippen molar-refractivity contribution in [1.82, 2.24) is 4.89 Å². The Labute approximate surface area is 102 Å². The molecule has 0 aromatic heterocycles. The molecule has 0 spiro atoms. The fourth-order valence-corrected chi connectivity index (χ4v) is 1.82. The molecule has 0 unspecified atom stereocenters. The number of carbonyl (C=O) groups is 2. The third kappa shape index (κ3) is 3.80. The number of carbonyl (C=O) groups excluding carboxylic acids is 1. The number of nitrogens with one attached hydrogen (secondary N) is 1. The SMILES string of the molecule is NC(=O)c1ccc(S(=O)(=O)NOCC(=O)O)cc1. The zero-order valence-corrected chi connectivity index (χ0v) is 9.81. The minimum atomic E-state index is -3.99. The molecule has 0 fully saturated rings. The molecule has 0 aliphatic carbocycles. The Hall–Kier alpha value is -1.97. The van der Waals surface area contributed by atoms with E-state index >= 15 is 0 Å². The zero-order valence-electron chi connectivity index (χ0n) is 8.99. The minimum Gasteiger partial charge on any atom is -0.479 e. The van der Waals surface area contributed by atoms with Crippen LogP contribution in [-0.2, 0) is 19.7 Å². The summed E-state index contributed by atoms with van der Waals surface area (Å²) in [6.45, 7) is -0.807. The third-order valence-corrected chi connectivity index (χ3v) is 3.04. The first kappa shape index (κ1) is 14.1. The highest BCUT2D eigenvalue weighted by atomic mass is 32.2. The van der Waals surface area contributed by atoms with Crippen molar-refractivity contribution in [2.24, 2.45) is 5.73 Å². The number of sulfonamides is 1. The summed E-state index contributed by atoms with van der Waals surface area (Å²) in [6, 6.07) is 4.75. The molecule has 98 valence electrons. The molecule has 0 radical (unpaired) electrons. The van der Waals surface area contributed by atoms with Crippen LogP contribution in [0.1, 0.15) is 10.4 Å². The Kier molecular flexibility index (Phi) is 4.37. The number of hydrogen-bond donors (Lipinski definition) is 3. The monoisotopic (exact) mass is 274 g/mol. The quantitative estimate of drug-likeness (QED) is 0.574. The first-order valence-electron chi connectivity index (χ1n) is 4.58. The maximum absolute atomic E-state index is 11.5. The van der Waals surface area contributed by atoms with Crippen LogP contribution in [0.5, 0.6) is 0 Å². The molecule has 8 nitrogen and oxygen atoms in total. The van der Waals surface area contributed by atoms with Gasteiger partial charge < -0.3 is 10.8 Å². The number of carboxylic acids is 1. The lowest BCUT2D eigenvalue weighted by Crippen LogP contribution is -2.27. The van der Waals surface area contributed by atoms with Crippen molar-refractivity contribution in [3.8, 4) is 0 Å². The van der Waals surface area contributed by atoms with Crippen LogP contribution in [0.15, 0.2) is 29.2 Å². The van der Waals surface area contributed by atoms with Crippen molar-refractivity contribution >= 4 is 21.9 Å². The van der Waals surface area contributed by atoms with Crippen LogP contribution in [-0.4, -0.2) is 32.0 Å². The molecule has 9 heteroatoms. The molecule has 0 saturated carbocycles. The molecular weight excluding hydrogens is 264 g/mol. The normalized spacial score (nSPS) is 11.1. The summed E-state index contributed by atoms with van der Waals surface area (Å²) < 4.78 is 23.1. The van der Waals surface area contributed by atoms with Gasteiger partial charge >= 0.3 is 5.97 Å². The molecule has 1 aromatic carbocycles. The first-order valence-corrected chi connectivity index (χ1v) is 6.06. The van der Waals surface area contributed by atoms with E-state index in [0.717, 1.165) is 12.1 Å². The van der Waals surface area contributed by atoms with Crippen molar-refractivity contribution in [2.45, 2.75) is 4.90 Å². The Morgan fingerprint density at radius 3 is 2.28 bits per heavy atom. The molecule has 18 heavy (non-hydrogen) atoms. The van der Waals surface area contributed by atoms with Crippen molar-refractivity contribution in [3.05, 3.63) is 29.8 Å². The van der Waals surface area contributed by atoms with Gasteiger partial charge in [-0.1, -0.05) is 4.89 Å². The number of nitrogens with two attached hydrogens (primary N) is 1. The summed E-state index contributed by atoms with van der Waals surface area (Å²) in [7, 11) is -3.99. The lowest BCUT2D eigenvalue weighted by atomic mass is 10.2. The van der Waals surface area contributed by atoms with Gasteiger partial charge in [0.15, 0.2) is 6.61 Å². The lowest BCUT2D eigenvalue weighted by Gasteiger charge is -2.05. The van der Waals surface area contributed by atoms with E-state index in [0.29, 0.717) is 0 Å². The average Bonchev–Trinajstić information content (AvgIpc) is 2.28. The predicted octanol–water partition coefficient (Wildman–Crippen LogP) is -0.920. The number of aliphatic carboxylic acids is 1. The van der Waals surface area contributed by atoms with E-state index in [9.17, 15) is 18.0 Å². The highest BCUT2D eigenvalue weighted by Gasteiger charge is 2.15. The second kappa shape index (κ2) is 5.58. The van der Waals surface area contributed by atoms with E-state index < -0.39 is 28.5 Å². The van der Waals surface area contributed by atoms with Gasteiger partial charge in [0.25, 0.3) is 10.0 Å². The number of rotatable bonds is 6. The van der Waals surface area contributed by atoms with Crippen LogP contribution in [0.4, 0.5) is 0 Å². The topological polar surface area (TPSA) is 136 Å². The number of amides is 1. The first-order chi connectivity index (χ1) is 8.33. The molecule has 0 aliphatic heterocycles. The number of hydrogen-bond acceptors (Lipinski definition) is 5. The van der Waals surface area contributed by atoms with Crippen LogP contribution >= 0.6 is 0 Å². The van der Waals surface area contributed by atoms with Gasteiger partial charge in [0.05, 0.1) is 4.90 Å². The van der Waals surface area contributed by atoms with Gasteiger partial charge in [0.2, 0.25) is 5.91 Å². The molecular formula is C9H10N2O6S. The van der Waals surface area contributed by atoms with E-state index in [2.05, 4.69) is 4.84 Å². The van der Waals surface area contributed by atoms with Crippen LogP contribution in [0.25, 0.3) is 0 Å². The van der Waals surface area contributed by atoms with Crippen LogP contribution in [0.3, 0.4) is 0 Å². The highest BCUT2D eigenvalue weighted by molar-refractivity contribution is 7.89. The Bertz CT molecular complexity index is 551. The van der Waals surface area contributed by atoms with E-state index in [4.69, 9.17) is 10.8 Å². The Morgan fingerprint density at radius 2 is 1.83 bits per heavy atom. The molecule has 0 heterocycles. The van der Waals surface area contributed by atoms with Gasteiger partial charge in [-0.15, -0.1) is 0 Å². The van der Waals surface area contributed by atoms with E-state index in [1.807, 2.05) is 0 Å². The lowest BCUT2D eigenvalue weighted by molar-refractivity contribution is -0.143. The summed E-state index contributed by atoms with van der Waals surface area (Å²) in [5, 5.41) is 8.27. The smallest absolute Gasteiger partial charge is 0.331 e. The average molecular weight is 274 g/mol. The van der Waals surface area contributed by atoms with E-state index in [1.165, 1.54) is 12.1 Å². The van der Waals surface area contributed by atoms with Crippen molar-refractivity contribution in [1.29, 1.82) is 0 Å². The zero-order chi connectivity index (χ0) is 13.8. The van der Waals surface area contributed by atoms with E-state index in [-0.39, 0.29) is 10.5 Å². The molecule has 1 aromatic rings. The number of primary amides is 1. The van der Waals surface area contributed by atoms with Gasteiger partial charge in [-0.25, -0.2) is 13.2 Å². The van der Waals surface area contributed by atoms with Crippen LogP contribution in [0.2, 0.25) is 0 Å². The second-order valence-corrected chi connectivity index (χ2v) is 4.80. The van der Waals surface area contributed by atoms with Gasteiger partial charge in [-0.05, 0) is 24.3 Å². The Morgan fingerprint density at radius 1 is 1.28 bits per heavy atom. The largest absolute Gasteiger partial charge is 0.479 e. The predicted molar refractivity (Wildman–Crippen MR) is 58.9 cm³/mol.